The maximum absolute atomic E-state index is 13.7. The van der Waals surface area contributed by atoms with Crippen LogP contribution in [0.2, 0.25) is 0 Å². The Kier molecular flexibility index (Phi) is 5.95. The van der Waals surface area contributed by atoms with Crippen LogP contribution in [0.25, 0.3) is 33.7 Å². The molecule has 5 aromatic rings. The number of hydrogen-bond donors (Lipinski definition) is 1. The van der Waals surface area contributed by atoms with Gasteiger partial charge in [0.05, 0.1) is 11.6 Å². The molecule has 0 spiro atoms. The molecular weight excluding hydrogens is 429 g/mol. The molecule has 5 rings (SSSR count). The van der Waals surface area contributed by atoms with Gasteiger partial charge in [0.1, 0.15) is 29.7 Å². The van der Waals surface area contributed by atoms with Crippen LogP contribution in [-0.4, -0.2) is 21.1 Å². The van der Waals surface area contributed by atoms with Crippen molar-refractivity contribution >= 4 is 11.2 Å². The summed E-state index contributed by atoms with van der Waals surface area (Å²) >= 11 is 0. The van der Waals surface area contributed by atoms with Crippen molar-refractivity contribution in [1.82, 2.24) is 15.0 Å². The van der Waals surface area contributed by atoms with Crippen LogP contribution in [0.5, 0.6) is 11.5 Å². The van der Waals surface area contributed by atoms with Gasteiger partial charge in [-0.2, -0.15) is 0 Å². The number of aromatic amines is 1. The third-order valence-electron chi connectivity index (χ3n) is 5.27. The Morgan fingerprint density at radius 1 is 0.853 bits per heavy atom. The lowest BCUT2D eigenvalue weighted by molar-refractivity contribution is 0.239. The van der Waals surface area contributed by atoms with Gasteiger partial charge >= 0.3 is 0 Å². The largest absolute Gasteiger partial charge is 0.491 e. The normalized spacial score (nSPS) is 11.2. The number of aromatic nitrogens is 3. The van der Waals surface area contributed by atoms with Crippen LogP contribution in [0.15, 0.2) is 85.1 Å². The molecule has 2 heterocycles. The van der Waals surface area contributed by atoms with E-state index in [-0.39, 0.29) is 11.9 Å². The summed E-state index contributed by atoms with van der Waals surface area (Å²) < 4.78 is 25.7. The summed E-state index contributed by atoms with van der Waals surface area (Å²) in [6.07, 6.45) is 1.72. The first kappa shape index (κ1) is 21.6. The molecule has 34 heavy (non-hydrogen) atoms. The number of ether oxygens (including phenoxy) is 2. The first-order valence-corrected chi connectivity index (χ1v) is 11.1. The SMILES string of the molecule is CC(C)Oc1cc(OCc2ccccc2)cc(-c2nc3ncc(-c4cccc(F)c4)cc3[nH]2)c1. The molecule has 0 atom stereocenters. The van der Waals surface area contributed by atoms with Gasteiger partial charge in [0.25, 0.3) is 0 Å². The van der Waals surface area contributed by atoms with Crippen molar-refractivity contribution in [2.75, 3.05) is 0 Å². The fourth-order valence-corrected chi connectivity index (χ4v) is 3.74. The lowest BCUT2D eigenvalue weighted by Crippen LogP contribution is -2.06. The highest BCUT2D eigenvalue weighted by molar-refractivity contribution is 5.81. The number of imidazole rings is 1. The molecule has 2 aromatic heterocycles. The maximum atomic E-state index is 13.7. The number of H-pyrrole nitrogens is 1. The number of fused-ring (bicyclic) bond motifs is 1. The molecule has 6 heteroatoms. The molecule has 0 saturated carbocycles. The molecule has 3 aromatic carbocycles. The zero-order valence-electron chi connectivity index (χ0n) is 19.0. The summed E-state index contributed by atoms with van der Waals surface area (Å²) in [5, 5.41) is 0. The Hall–Kier alpha value is -4.19. The zero-order valence-corrected chi connectivity index (χ0v) is 19.0. The van der Waals surface area contributed by atoms with Gasteiger partial charge in [-0.15, -0.1) is 0 Å². The lowest BCUT2D eigenvalue weighted by Gasteiger charge is -2.14. The van der Waals surface area contributed by atoms with Crippen molar-refractivity contribution in [3.8, 4) is 34.0 Å². The van der Waals surface area contributed by atoms with E-state index in [2.05, 4.69) is 15.0 Å². The number of nitrogens with one attached hydrogen (secondary N) is 1. The minimum atomic E-state index is -0.284. The van der Waals surface area contributed by atoms with Gasteiger partial charge < -0.3 is 14.5 Å². The Balaban J connectivity index is 1.49. The summed E-state index contributed by atoms with van der Waals surface area (Å²) in [5.41, 5.74) is 4.82. The van der Waals surface area contributed by atoms with Gasteiger partial charge in [0.2, 0.25) is 0 Å². The summed E-state index contributed by atoms with van der Waals surface area (Å²) in [7, 11) is 0. The third-order valence-corrected chi connectivity index (χ3v) is 5.27. The predicted octanol–water partition coefficient (Wildman–Crippen LogP) is 6.80. The van der Waals surface area contributed by atoms with E-state index in [1.807, 2.05) is 74.5 Å². The number of benzene rings is 3. The summed E-state index contributed by atoms with van der Waals surface area (Å²) in [6, 6.07) is 24.1. The van der Waals surface area contributed by atoms with E-state index in [9.17, 15) is 4.39 Å². The summed E-state index contributed by atoms with van der Waals surface area (Å²) in [4.78, 5) is 12.5. The van der Waals surface area contributed by atoms with Crippen molar-refractivity contribution in [2.45, 2.75) is 26.6 Å². The smallest absolute Gasteiger partial charge is 0.178 e. The molecule has 0 aliphatic rings. The molecule has 0 aliphatic heterocycles. The van der Waals surface area contributed by atoms with E-state index in [0.717, 1.165) is 27.8 Å². The van der Waals surface area contributed by atoms with Gasteiger partial charge in [0.15, 0.2) is 5.65 Å². The van der Waals surface area contributed by atoms with Crippen molar-refractivity contribution in [2.24, 2.45) is 0 Å². The average Bonchev–Trinajstić information content (AvgIpc) is 3.26. The highest BCUT2D eigenvalue weighted by Crippen LogP contribution is 2.31. The van der Waals surface area contributed by atoms with E-state index in [4.69, 9.17) is 9.47 Å². The third kappa shape index (κ3) is 4.91. The van der Waals surface area contributed by atoms with E-state index in [1.165, 1.54) is 12.1 Å². The number of pyridine rings is 1. The summed E-state index contributed by atoms with van der Waals surface area (Å²) in [6.45, 7) is 4.41. The van der Waals surface area contributed by atoms with Crippen LogP contribution in [-0.2, 0) is 6.61 Å². The molecule has 0 fully saturated rings. The number of hydrogen-bond acceptors (Lipinski definition) is 4. The van der Waals surface area contributed by atoms with Crippen LogP contribution in [0.3, 0.4) is 0 Å². The van der Waals surface area contributed by atoms with Crippen LogP contribution >= 0.6 is 0 Å². The number of halogens is 1. The highest BCUT2D eigenvalue weighted by atomic mass is 19.1. The number of nitrogens with zero attached hydrogens (tertiary/aromatic N) is 2. The minimum absolute atomic E-state index is 0.0170. The Bertz CT molecular complexity index is 1430. The van der Waals surface area contributed by atoms with E-state index < -0.39 is 0 Å². The van der Waals surface area contributed by atoms with Gasteiger partial charge in [-0.1, -0.05) is 42.5 Å². The fourth-order valence-electron chi connectivity index (χ4n) is 3.74. The fraction of sp³-hybridized carbons (Fsp3) is 0.143. The molecular formula is C28H24FN3O2. The lowest BCUT2D eigenvalue weighted by atomic mass is 10.1. The van der Waals surface area contributed by atoms with Crippen molar-refractivity contribution < 1.29 is 13.9 Å². The van der Waals surface area contributed by atoms with Crippen LogP contribution in [0.4, 0.5) is 4.39 Å². The number of rotatable bonds is 7. The monoisotopic (exact) mass is 453 g/mol. The first-order valence-electron chi connectivity index (χ1n) is 11.1. The van der Waals surface area contributed by atoms with E-state index in [0.29, 0.717) is 29.6 Å². The van der Waals surface area contributed by atoms with Crippen molar-refractivity contribution in [3.63, 3.8) is 0 Å². The van der Waals surface area contributed by atoms with Crippen molar-refractivity contribution in [3.05, 3.63) is 96.4 Å². The molecule has 0 radical (unpaired) electrons. The predicted molar refractivity (Wildman–Crippen MR) is 131 cm³/mol. The second kappa shape index (κ2) is 9.35. The van der Waals surface area contributed by atoms with Crippen molar-refractivity contribution in [1.29, 1.82) is 0 Å². The standard InChI is InChI=1S/C28H24FN3O2/c1-18(2)34-25-13-21(12-24(15-25)33-17-19-7-4-3-5-8-19)27-31-26-14-22(16-30-28(26)32-27)20-9-6-10-23(29)11-20/h3-16,18H,17H2,1-2H3,(H,30,31,32). The Labute approximate surface area is 197 Å². The zero-order chi connectivity index (χ0) is 23.5. The topological polar surface area (TPSA) is 60.0 Å². The molecule has 170 valence electrons. The first-order chi connectivity index (χ1) is 16.5. The molecule has 0 unspecified atom stereocenters. The quantitative estimate of drug-likeness (QED) is 0.294. The van der Waals surface area contributed by atoms with Crippen LogP contribution in [0.1, 0.15) is 19.4 Å². The van der Waals surface area contributed by atoms with E-state index >= 15 is 0 Å². The molecule has 0 bridgehead atoms. The highest BCUT2D eigenvalue weighted by Gasteiger charge is 2.12. The minimum Gasteiger partial charge on any atom is -0.491 e. The van der Waals surface area contributed by atoms with E-state index in [1.54, 1.807) is 12.3 Å². The molecule has 0 amide bonds. The molecule has 1 N–H and O–H groups in total. The second-order valence-corrected chi connectivity index (χ2v) is 8.32. The van der Waals surface area contributed by atoms with Gasteiger partial charge in [0, 0.05) is 23.4 Å². The second-order valence-electron chi connectivity index (χ2n) is 8.32. The van der Waals surface area contributed by atoms with Crippen LogP contribution < -0.4 is 9.47 Å². The summed E-state index contributed by atoms with van der Waals surface area (Å²) in [5.74, 6) is 1.75. The van der Waals surface area contributed by atoms with Gasteiger partial charge in [-0.25, -0.2) is 14.4 Å². The molecule has 5 nitrogen and oxygen atoms in total. The molecule has 0 aliphatic carbocycles. The Morgan fingerprint density at radius 2 is 1.68 bits per heavy atom. The van der Waals surface area contributed by atoms with Gasteiger partial charge in [-0.05, 0) is 55.3 Å². The molecule has 0 saturated heterocycles. The van der Waals surface area contributed by atoms with Gasteiger partial charge in [-0.3, -0.25) is 0 Å². The maximum Gasteiger partial charge on any atom is 0.178 e. The van der Waals surface area contributed by atoms with Crippen LogP contribution in [0, 0.1) is 5.82 Å². The Morgan fingerprint density at radius 3 is 2.47 bits per heavy atom. The average molecular weight is 454 g/mol.